The van der Waals surface area contributed by atoms with Crippen LogP contribution in [0, 0.1) is 0 Å². The number of benzene rings is 1. The Morgan fingerprint density at radius 2 is 2.00 bits per heavy atom. The Morgan fingerprint density at radius 1 is 1.38 bits per heavy atom. The lowest BCUT2D eigenvalue weighted by Crippen LogP contribution is -2.05. The standard InChI is InChI=1S/C11H12O2/c1-9(13)11(8-12)7-10-5-3-2-4-6-10/h2-9,13H,1H3/b11-7-. The Labute approximate surface area is 77.5 Å². The molecule has 1 aromatic rings. The largest absolute Gasteiger partial charge is 0.389 e. The van der Waals surface area contributed by atoms with E-state index >= 15 is 0 Å². The molecule has 0 aliphatic carbocycles. The Morgan fingerprint density at radius 3 is 2.46 bits per heavy atom. The van der Waals surface area contributed by atoms with Crippen molar-refractivity contribution in [2.45, 2.75) is 13.0 Å². The van der Waals surface area contributed by atoms with Gasteiger partial charge in [0.25, 0.3) is 0 Å². The van der Waals surface area contributed by atoms with E-state index in [0.29, 0.717) is 11.9 Å². The molecule has 0 bridgehead atoms. The summed E-state index contributed by atoms with van der Waals surface area (Å²) >= 11 is 0. The molecule has 0 fully saturated rings. The lowest BCUT2D eigenvalue weighted by Gasteiger charge is -2.02. The summed E-state index contributed by atoms with van der Waals surface area (Å²) in [5.41, 5.74) is 1.32. The van der Waals surface area contributed by atoms with Gasteiger partial charge in [-0.3, -0.25) is 4.79 Å². The van der Waals surface area contributed by atoms with Gasteiger partial charge in [0, 0.05) is 5.57 Å². The van der Waals surface area contributed by atoms with E-state index in [1.807, 2.05) is 30.3 Å². The van der Waals surface area contributed by atoms with Crippen LogP contribution in [-0.2, 0) is 4.79 Å². The van der Waals surface area contributed by atoms with Crippen LogP contribution in [0.3, 0.4) is 0 Å². The number of hydrogen-bond donors (Lipinski definition) is 1. The second-order valence-electron chi connectivity index (χ2n) is 2.85. The third-order valence-corrected chi connectivity index (χ3v) is 1.75. The molecular weight excluding hydrogens is 164 g/mol. The molecule has 0 aliphatic heterocycles. The smallest absolute Gasteiger partial charge is 0.148 e. The molecule has 1 atom stereocenters. The third-order valence-electron chi connectivity index (χ3n) is 1.75. The summed E-state index contributed by atoms with van der Waals surface area (Å²) in [6.07, 6.45) is 1.65. The van der Waals surface area contributed by atoms with E-state index in [0.717, 1.165) is 5.56 Å². The van der Waals surface area contributed by atoms with E-state index in [2.05, 4.69) is 0 Å². The van der Waals surface area contributed by atoms with Gasteiger partial charge < -0.3 is 5.11 Å². The molecule has 0 aromatic heterocycles. The highest BCUT2D eigenvalue weighted by Gasteiger charge is 2.02. The number of aldehydes is 1. The van der Waals surface area contributed by atoms with Crippen LogP contribution in [0.5, 0.6) is 0 Å². The fraction of sp³-hybridized carbons (Fsp3) is 0.182. The van der Waals surface area contributed by atoms with Crippen molar-refractivity contribution >= 4 is 12.4 Å². The van der Waals surface area contributed by atoms with Gasteiger partial charge in [-0.25, -0.2) is 0 Å². The zero-order valence-electron chi connectivity index (χ0n) is 7.47. The number of aliphatic hydroxyl groups is 1. The van der Waals surface area contributed by atoms with Gasteiger partial charge in [-0.2, -0.15) is 0 Å². The van der Waals surface area contributed by atoms with Crippen molar-refractivity contribution < 1.29 is 9.90 Å². The van der Waals surface area contributed by atoms with Crippen molar-refractivity contribution in [2.24, 2.45) is 0 Å². The molecular formula is C11H12O2. The van der Waals surface area contributed by atoms with Gasteiger partial charge in [0.15, 0.2) is 0 Å². The lowest BCUT2D eigenvalue weighted by atomic mass is 10.1. The first-order valence-corrected chi connectivity index (χ1v) is 4.14. The summed E-state index contributed by atoms with van der Waals surface area (Å²) in [6.45, 7) is 1.57. The minimum Gasteiger partial charge on any atom is -0.389 e. The van der Waals surface area contributed by atoms with Crippen LogP contribution in [0.4, 0.5) is 0 Å². The molecule has 0 radical (unpaired) electrons. The van der Waals surface area contributed by atoms with E-state index in [1.54, 1.807) is 13.0 Å². The maximum Gasteiger partial charge on any atom is 0.148 e. The summed E-state index contributed by atoms with van der Waals surface area (Å²) in [6, 6.07) is 9.44. The van der Waals surface area contributed by atoms with E-state index < -0.39 is 6.10 Å². The number of carbonyl (C=O) groups excluding carboxylic acids is 1. The first kappa shape index (κ1) is 9.68. The van der Waals surface area contributed by atoms with Gasteiger partial charge in [0.2, 0.25) is 0 Å². The highest BCUT2D eigenvalue weighted by Crippen LogP contribution is 2.07. The number of carbonyl (C=O) groups is 1. The summed E-state index contributed by atoms with van der Waals surface area (Å²) in [4.78, 5) is 10.5. The van der Waals surface area contributed by atoms with Crippen LogP contribution in [0.2, 0.25) is 0 Å². The molecule has 0 aliphatic rings. The van der Waals surface area contributed by atoms with Crippen LogP contribution in [0.25, 0.3) is 6.08 Å². The average molecular weight is 176 g/mol. The zero-order valence-corrected chi connectivity index (χ0v) is 7.47. The van der Waals surface area contributed by atoms with Crippen molar-refractivity contribution in [3.63, 3.8) is 0 Å². The van der Waals surface area contributed by atoms with Crippen molar-refractivity contribution in [3.8, 4) is 0 Å². The molecule has 0 saturated heterocycles. The van der Waals surface area contributed by atoms with Gasteiger partial charge in [0.1, 0.15) is 6.29 Å². The van der Waals surface area contributed by atoms with Crippen LogP contribution in [0.15, 0.2) is 35.9 Å². The van der Waals surface area contributed by atoms with Gasteiger partial charge in [-0.15, -0.1) is 0 Å². The summed E-state index contributed by atoms with van der Waals surface area (Å²) < 4.78 is 0. The highest BCUT2D eigenvalue weighted by molar-refractivity contribution is 5.82. The molecule has 0 heterocycles. The molecule has 13 heavy (non-hydrogen) atoms. The van der Waals surface area contributed by atoms with Gasteiger partial charge in [0.05, 0.1) is 6.10 Å². The summed E-state index contributed by atoms with van der Waals surface area (Å²) in [5, 5.41) is 9.17. The first-order valence-electron chi connectivity index (χ1n) is 4.14. The fourth-order valence-corrected chi connectivity index (χ4v) is 0.995. The quantitative estimate of drug-likeness (QED) is 0.561. The van der Waals surface area contributed by atoms with E-state index in [1.165, 1.54) is 0 Å². The Hall–Kier alpha value is -1.41. The third kappa shape index (κ3) is 2.84. The molecule has 2 heteroatoms. The van der Waals surface area contributed by atoms with E-state index in [4.69, 9.17) is 0 Å². The molecule has 0 spiro atoms. The molecule has 68 valence electrons. The predicted octanol–water partition coefficient (Wildman–Crippen LogP) is 1.65. The van der Waals surface area contributed by atoms with Crippen LogP contribution < -0.4 is 0 Å². The number of hydrogen-bond acceptors (Lipinski definition) is 2. The van der Waals surface area contributed by atoms with E-state index in [9.17, 15) is 9.90 Å². The molecule has 0 saturated carbocycles. The second kappa shape index (κ2) is 4.58. The van der Waals surface area contributed by atoms with Crippen molar-refractivity contribution in [1.82, 2.24) is 0 Å². The first-order chi connectivity index (χ1) is 6.24. The second-order valence-corrected chi connectivity index (χ2v) is 2.85. The molecule has 1 aromatic carbocycles. The van der Waals surface area contributed by atoms with Crippen LogP contribution in [0.1, 0.15) is 12.5 Å². The van der Waals surface area contributed by atoms with Crippen molar-refractivity contribution in [2.75, 3.05) is 0 Å². The Bertz CT molecular complexity index is 299. The van der Waals surface area contributed by atoms with Gasteiger partial charge in [-0.1, -0.05) is 30.3 Å². The predicted molar refractivity (Wildman–Crippen MR) is 52.2 cm³/mol. The van der Waals surface area contributed by atoms with Gasteiger partial charge >= 0.3 is 0 Å². The Kier molecular flexibility index (Phi) is 3.41. The molecule has 1 N–H and O–H groups in total. The lowest BCUT2D eigenvalue weighted by molar-refractivity contribution is -0.105. The minimum absolute atomic E-state index is 0.395. The maximum atomic E-state index is 10.5. The van der Waals surface area contributed by atoms with Crippen molar-refractivity contribution in [1.29, 1.82) is 0 Å². The topological polar surface area (TPSA) is 37.3 Å². The monoisotopic (exact) mass is 176 g/mol. The van der Waals surface area contributed by atoms with Crippen LogP contribution >= 0.6 is 0 Å². The summed E-state index contributed by atoms with van der Waals surface area (Å²) in [5.74, 6) is 0. The normalized spacial score (nSPS) is 13.8. The van der Waals surface area contributed by atoms with E-state index in [-0.39, 0.29) is 0 Å². The number of aliphatic hydroxyl groups excluding tert-OH is 1. The average Bonchev–Trinajstić information content (AvgIpc) is 2.15. The van der Waals surface area contributed by atoms with Crippen LogP contribution in [-0.4, -0.2) is 17.5 Å². The zero-order chi connectivity index (χ0) is 9.68. The fourth-order valence-electron chi connectivity index (χ4n) is 0.995. The molecule has 1 unspecified atom stereocenters. The van der Waals surface area contributed by atoms with Gasteiger partial charge in [-0.05, 0) is 18.6 Å². The molecule has 0 amide bonds. The minimum atomic E-state index is -0.710. The summed E-state index contributed by atoms with van der Waals surface area (Å²) in [7, 11) is 0. The SMILES string of the molecule is CC(O)/C(C=O)=C\c1ccccc1. The number of rotatable bonds is 3. The Balaban J connectivity index is 2.92. The van der Waals surface area contributed by atoms with Crippen molar-refractivity contribution in [3.05, 3.63) is 41.5 Å². The molecule has 1 rings (SSSR count). The molecule has 2 nitrogen and oxygen atoms in total. The maximum absolute atomic E-state index is 10.5. The highest BCUT2D eigenvalue weighted by atomic mass is 16.3.